The number of nitrogens with zero attached hydrogens (tertiary/aromatic N) is 5. The third-order valence-electron chi connectivity index (χ3n) is 3.31. The molecule has 0 atom stereocenters. The van der Waals surface area contributed by atoms with Gasteiger partial charge < -0.3 is 24.6 Å². The summed E-state index contributed by atoms with van der Waals surface area (Å²) in [6, 6.07) is 0. The monoisotopic (exact) mass is 296 g/mol. The van der Waals surface area contributed by atoms with E-state index in [0.29, 0.717) is 31.1 Å². The van der Waals surface area contributed by atoms with Crippen molar-refractivity contribution in [2.24, 2.45) is 0 Å². The lowest BCUT2D eigenvalue weighted by atomic mass is 10.4. The summed E-state index contributed by atoms with van der Waals surface area (Å²) in [7, 11) is 5.50. The van der Waals surface area contributed by atoms with E-state index in [1.165, 1.54) is 0 Å². The summed E-state index contributed by atoms with van der Waals surface area (Å²) in [4.78, 5) is 17.6. The molecule has 0 bridgehead atoms. The highest BCUT2D eigenvalue weighted by atomic mass is 16.5. The van der Waals surface area contributed by atoms with Crippen LogP contribution in [-0.4, -0.2) is 75.6 Å². The van der Waals surface area contributed by atoms with Crippen LogP contribution in [0, 0.1) is 0 Å². The first-order valence-corrected chi connectivity index (χ1v) is 7.21. The van der Waals surface area contributed by atoms with Gasteiger partial charge in [0.05, 0.1) is 13.2 Å². The van der Waals surface area contributed by atoms with Crippen molar-refractivity contribution in [3.05, 3.63) is 0 Å². The summed E-state index contributed by atoms with van der Waals surface area (Å²) in [6.45, 7) is 4.59. The van der Waals surface area contributed by atoms with Crippen molar-refractivity contribution in [3.63, 3.8) is 0 Å². The zero-order valence-electron chi connectivity index (χ0n) is 13.0. The first-order chi connectivity index (χ1) is 10.2. The second-order valence-corrected chi connectivity index (χ2v) is 4.88. The van der Waals surface area contributed by atoms with E-state index in [0.717, 1.165) is 32.7 Å². The normalized spacial score (nSPS) is 15.1. The molecule has 1 aromatic heterocycles. The van der Waals surface area contributed by atoms with E-state index in [1.54, 1.807) is 7.11 Å². The molecule has 2 heterocycles. The average molecular weight is 296 g/mol. The summed E-state index contributed by atoms with van der Waals surface area (Å²) >= 11 is 0. The van der Waals surface area contributed by atoms with Crippen LogP contribution in [0.25, 0.3) is 0 Å². The number of methoxy groups -OCH3 is 1. The first-order valence-electron chi connectivity index (χ1n) is 7.21. The predicted octanol–water partition coefficient (Wildman–Crippen LogP) is 0.223. The van der Waals surface area contributed by atoms with Crippen LogP contribution in [0.2, 0.25) is 0 Å². The smallest absolute Gasteiger partial charge is 0.232 e. The van der Waals surface area contributed by atoms with Crippen molar-refractivity contribution in [1.29, 1.82) is 0 Å². The summed E-state index contributed by atoms with van der Waals surface area (Å²) in [5.74, 6) is 1.96. The summed E-state index contributed by atoms with van der Waals surface area (Å²) in [6.07, 6.45) is 0.931. The van der Waals surface area contributed by atoms with Gasteiger partial charge in [0.25, 0.3) is 0 Å². The van der Waals surface area contributed by atoms with Crippen LogP contribution >= 0.6 is 0 Å². The zero-order valence-corrected chi connectivity index (χ0v) is 13.0. The minimum atomic E-state index is 0.583. The Balaban J connectivity index is 2.12. The highest BCUT2D eigenvalue weighted by Crippen LogP contribution is 2.16. The van der Waals surface area contributed by atoms with Gasteiger partial charge in [0.15, 0.2) is 0 Å². The summed E-state index contributed by atoms with van der Waals surface area (Å²) < 4.78 is 10.4. The van der Waals surface area contributed by atoms with E-state index in [4.69, 9.17) is 9.47 Å². The van der Waals surface area contributed by atoms with Gasteiger partial charge in [-0.15, -0.1) is 0 Å². The van der Waals surface area contributed by atoms with Gasteiger partial charge in [-0.25, -0.2) is 0 Å². The number of anilines is 3. The Kier molecular flexibility index (Phi) is 5.94. The number of aromatic nitrogens is 3. The minimum absolute atomic E-state index is 0.583. The molecular weight excluding hydrogens is 272 g/mol. The van der Waals surface area contributed by atoms with Gasteiger partial charge in [0.2, 0.25) is 17.8 Å². The Morgan fingerprint density at radius 1 is 1.29 bits per heavy atom. The molecule has 0 radical (unpaired) electrons. The van der Waals surface area contributed by atoms with Gasteiger partial charge in [0, 0.05) is 47.4 Å². The van der Waals surface area contributed by atoms with Gasteiger partial charge in [0.1, 0.15) is 0 Å². The Hall–Kier alpha value is -1.67. The lowest BCUT2D eigenvalue weighted by Crippen LogP contribution is -2.38. The van der Waals surface area contributed by atoms with Gasteiger partial charge in [-0.05, 0) is 6.42 Å². The molecule has 21 heavy (non-hydrogen) atoms. The highest BCUT2D eigenvalue weighted by Gasteiger charge is 2.17. The maximum absolute atomic E-state index is 5.37. The number of morpholine rings is 1. The lowest BCUT2D eigenvalue weighted by Gasteiger charge is -2.27. The topological polar surface area (TPSA) is 75.6 Å². The standard InChI is InChI=1S/C13H24N6O2/c1-14-11-15-12(18(2)5-4-8-20-3)17-13(16-11)19-6-9-21-10-7-19/h4-10H2,1-3H3,(H,14,15,16,17). The molecule has 0 spiro atoms. The molecule has 1 aromatic rings. The third-order valence-corrected chi connectivity index (χ3v) is 3.31. The number of hydrogen-bond donors (Lipinski definition) is 1. The van der Waals surface area contributed by atoms with Gasteiger partial charge in [-0.1, -0.05) is 0 Å². The minimum Gasteiger partial charge on any atom is -0.385 e. The number of rotatable bonds is 7. The van der Waals surface area contributed by atoms with Crippen molar-refractivity contribution >= 4 is 17.8 Å². The van der Waals surface area contributed by atoms with Crippen LogP contribution < -0.4 is 15.1 Å². The predicted molar refractivity (Wildman–Crippen MR) is 82.2 cm³/mol. The lowest BCUT2D eigenvalue weighted by molar-refractivity contribution is 0.122. The van der Waals surface area contributed by atoms with Crippen LogP contribution in [-0.2, 0) is 9.47 Å². The van der Waals surface area contributed by atoms with E-state index in [2.05, 4.69) is 25.2 Å². The van der Waals surface area contributed by atoms with Gasteiger partial charge >= 0.3 is 0 Å². The van der Waals surface area contributed by atoms with E-state index < -0.39 is 0 Å². The van der Waals surface area contributed by atoms with E-state index in [9.17, 15) is 0 Å². The van der Waals surface area contributed by atoms with Crippen LogP contribution in [0.5, 0.6) is 0 Å². The summed E-state index contributed by atoms with van der Waals surface area (Å²) in [5.41, 5.74) is 0. The van der Waals surface area contributed by atoms with Crippen molar-refractivity contribution in [2.75, 3.05) is 75.8 Å². The van der Waals surface area contributed by atoms with E-state index in [-0.39, 0.29) is 0 Å². The molecule has 1 fully saturated rings. The average Bonchev–Trinajstić information content (AvgIpc) is 2.55. The molecular formula is C13H24N6O2. The van der Waals surface area contributed by atoms with Crippen LogP contribution in [0.15, 0.2) is 0 Å². The molecule has 0 saturated carbocycles. The molecule has 0 aliphatic carbocycles. The Morgan fingerprint density at radius 3 is 2.71 bits per heavy atom. The third kappa shape index (κ3) is 4.40. The van der Waals surface area contributed by atoms with Crippen molar-refractivity contribution in [1.82, 2.24) is 15.0 Å². The molecule has 1 aliphatic heterocycles. The van der Waals surface area contributed by atoms with Crippen LogP contribution in [0.1, 0.15) is 6.42 Å². The zero-order chi connectivity index (χ0) is 15.1. The van der Waals surface area contributed by atoms with E-state index in [1.807, 2.05) is 19.0 Å². The molecule has 0 aromatic carbocycles. The Morgan fingerprint density at radius 2 is 2.05 bits per heavy atom. The number of nitrogens with one attached hydrogen (secondary N) is 1. The molecule has 0 unspecified atom stereocenters. The molecule has 1 aliphatic rings. The van der Waals surface area contributed by atoms with Crippen molar-refractivity contribution < 1.29 is 9.47 Å². The highest BCUT2D eigenvalue weighted by molar-refractivity contribution is 5.44. The SMILES string of the molecule is CNc1nc(N(C)CCCOC)nc(N2CCOCC2)n1. The molecule has 2 rings (SSSR count). The maximum atomic E-state index is 5.37. The van der Waals surface area contributed by atoms with Gasteiger partial charge in [-0.3, -0.25) is 0 Å². The molecule has 1 N–H and O–H groups in total. The molecule has 118 valence electrons. The second kappa shape index (κ2) is 7.94. The fraction of sp³-hybridized carbons (Fsp3) is 0.769. The van der Waals surface area contributed by atoms with Crippen molar-refractivity contribution in [3.8, 4) is 0 Å². The fourth-order valence-electron chi connectivity index (χ4n) is 2.09. The second-order valence-electron chi connectivity index (χ2n) is 4.88. The quantitative estimate of drug-likeness (QED) is 0.716. The fourth-order valence-corrected chi connectivity index (χ4v) is 2.09. The maximum Gasteiger partial charge on any atom is 0.232 e. The van der Waals surface area contributed by atoms with Crippen molar-refractivity contribution in [2.45, 2.75) is 6.42 Å². The number of ether oxygens (including phenoxy) is 2. The molecule has 8 heteroatoms. The molecule has 1 saturated heterocycles. The first kappa shape index (κ1) is 15.7. The largest absolute Gasteiger partial charge is 0.385 e. The molecule has 0 amide bonds. The Labute approximate surface area is 125 Å². The van der Waals surface area contributed by atoms with E-state index >= 15 is 0 Å². The Bertz CT molecular complexity index is 439. The summed E-state index contributed by atoms with van der Waals surface area (Å²) in [5, 5.41) is 3.00. The van der Waals surface area contributed by atoms with Crippen LogP contribution in [0.3, 0.4) is 0 Å². The number of hydrogen-bond acceptors (Lipinski definition) is 8. The van der Waals surface area contributed by atoms with Gasteiger partial charge in [-0.2, -0.15) is 15.0 Å². The molecule has 8 nitrogen and oxygen atoms in total. The van der Waals surface area contributed by atoms with Crippen LogP contribution in [0.4, 0.5) is 17.8 Å².